The maximum Gasteiger partial charge on any atom is 0.126 e. The van der Waals surface area contributed by atoms with Gasteiger partial charge in [-0.3, -0.25) is 0 Å². The van der Waals surface area contributed by atoms with Crippen LogP contribution in [-0.4, -0.2) is 9.75 Å². The smallest absolute Gasteiger partial charge is 0.126 e. The van der Waals surface area contributed by atoms with Gasteiger partial charge in [0.15, 0.2) is 0 Å². The number of nitrogens with one attached hydrogen (secondary N) is 1. The summed E-state index contributed by atoms with van der Waals surface area (Å²) in [6.07, 6.45) is 0. The Labute approximate surface area is 95.8 Å². The van der Waals surface area contributed by atoms with Gasteiger partial charge in [0.2, 0.25) is 0 Å². The number of halogens is 1. The van der Waals surface area contributed by atoms with E-state index < -0.39 is 11.0 Å². The van der Waals surface area contributed by atoms with Crippen LogP contribution in [0.3, 0.4) is 0 Å². The van der Waals surface area contributed by atoms with Gasteiger partial charge >= 0.3 is 0 Å². The van der Waals surface area contributed by atoms with Gasteiger partial charge in [0.1, 0.15) is 11.0 Å². The lowest BCUT2D eigenvalue weighted by Gasteiger charge is -2.19. The summed E-state index contributed by atoms with van der Waals surface area (Å²) in [5.41, 5.74) is -0.153. The van der Waals surface area contributed by atoms with E-state index in [0.29, 0.717) is 0 Å². The van der Waals surface area contributed by atoms with E-state index in [1.165, 1.54) is 0 Å². The molecule has 1 aromatic rings. The lowest BCUT2D eigenvalue weighted by molar-refractivity contribution is 0.519. The zero-order chi connectivity index (χ0) is 10.8. The van der Waals surface area contributed by atoms with Crippen molar-refractivity contribution in [2.45, 2.75) is 31.2 Å². The maximum absolute atomic E-state index is 11.9. The van der Waals surface area contributed by atoms with Crippen molar-refractivity contribution in [3.05, 3.63) is 28.7 Å². The minimum absolute atomic E-state index is 0.153. The molecule has 78 valence electrons. The Morgan fingerprint density at radius 2 is 1.86 bits per heavy atom. The van der Waals surface area contributed by atoms with Gasteiger partial charge in [-0.15, -0.1) is 0 Å². The van der Waals surface area contributed by atoms with Gasteiger partial charge in [0, 0.05) is 10.0 Å². The molecule has 14 heavy (non-hydrogen) atoms. The molecular weight excluding hydrogens is 262 g/mol. The Bertz CT molecular complexity index is 346. The Morgan fingerprint density at radius 3 is 2.36 bits per heavy atom. The van der Waals surface area contributed by atoms with Crippen molar-refractivity contribution in [1.29, 1.82) is 0 Å². The van der Waals surface area contributed by atoms with E-state index in [1.54, 1.807) is 0 Å². The Morgan fingerprint density at radius 1 is 1.29 bits per heavy atom. The van der Waals surface area contributed by atoms with Crippen LogP contribution in [0.1, 0.15) is 20.8 Å². The molecule has 0 aromatic heterocycles. The molecule has 1 rings (SSSR count). The van der Waals surface area contributed by atoms with Crippen LogP contribution in [0.25, 0.3) is 0 Å². The largest absolute Gasteiger partial charge is 0.237 e. The van der Waals surface area contributed by atoms with Gasteiger partial charge in [0.25, 0.3) is 0 Å². The van der Waals surface area contributed by atoms with Crippen molar-refractivity contribution in [3.63, 3.8) is 0 Å². The minimum atomic E-state index is -1.16. The fraction of sp³-hybridized carbons (Fsp3) is 0.400. The van der Waals surface area contributed by atoms with Crippen LogP contribution >= 0.6 is 15.9 Å². The maximum atomic E-state index is 11.9. The normalized spacial score (nSPS) is 14.0. The molecule has 1 N–H and O–H groups in total. The molecule has 0 heterocycles. The van der Waals surface area contributed by atoms with Crippen molar-refractivity contribution in [2.75, 3.05) is 0 Å². The summed E-state index contributed by atoms with van der Waals surface area (Å²) in [5, 5.41) is 0. The SMILES string of the molecule is CC(C)(C)NS(=O)c1ccccc1Br. The highest BCUT2D eigenvalue weighted by atomic mass is 79.9. The van der Waals surface area contributed by atoms with Crippen molar-refractivity contribution in [3.8, 4) is 0 Å². The van der Waals surface area contributed by atoms with Gasteiger partial charge in [-0.1, -0.05) is 12.1 Å². The Kier molecular flexibility index (Phi) is 3.86. The second-order valence-corrected chi connectivity index (χ2v) is 6.09. The minimum Gasteiger partial charge on any atom is -0.237 e. The number of benzene rings is 1. The summed E-state index contributed by atoms with van der Waals surface area (Å²) in [5.74, 6) is 0. The lowest BCUT2D eigenvalue weighted by atomic mass is 10.1. The average molecular weight is 276 g/mol. The average Bonchev–Trinajstić information content (AvgIpc) is 2.01. The third-order valence-electron chi connectivity index (χ3n) is 1.44. The highest BCUT2D eigenvalue weighted by Gasteiger charge is 2.15. The molecule has 0 saturated carbocycles. The van der Waals surface area contributed by atoms with Crippen LogP contribution in [0.2, 0.25) is 0 Å². The van der Waals surface area contributed by atoms with E-state index in [1.807, 2.05) is 45.0 Å². The fourth-order valence-corrected chi connectivity index (χ4v) is 2.77. The van der Waals surface area contributed by atoms with Gasteiger partial charge in [-0.25, -0.2) is 8.93 Å². The zero-order valence-corrected chi connectivity index (χ0v) is 10.9. The van der Waals surface area contributed by atoms with Crippen LogP contribution < -0.4 is 4.72 Å². The fourth-order valence-electron chi connectivity index (χ4n) is 0.928. The molecule has 1 unspecified atom stereocenters. The van der Waals surface area contributed by atoms with E-state index in [9.17, 15) is 4.21 Å². The van der Waals surface area contributed by atoms with E-state index >= 15 is 0 Å². The molecule has 0 fully saturated rings. The van der Waals surface area contributed by atoms with Crippen molar-refractivity contribution >= 4 is 26.9 Å². The first-order valence-electron chi connectivity index (χ1n) is 4.34. The molecule has 2 nitrogen and oxygen atoms in total. The molecule has 0 radical (unpaired) electrons. The second-order valence-electron chi connectivity index (χ2n) is 4.05. The van der Waals surface area contributed by atoms with Gasteiger partial charge in [-0.05, 0) is 48.8 Å². The summed E-state index contributed by atoms with van der Waals surface area (Å²) in [7, 11) is -1.16. The molecule has 0 aliphatic rings. The predicted octanol–water partition coefficient (Wildman–Crippen LogP) is 2.86. The first-order valence-corrected chi connectivity index (χ1v) is 6.28. The zero-order valence-electron chi connectivity index (χ0n) is 8.50. The van der Waals surface area contributed by atoms with Crippen molar-refractivity contribution < 1.29 is 4.21 Å². The summed E-state index contributed by atoms with van der Waals surface area (Å²) >= 11 is 3.37. The van der Waals surface area contributed by atoms with Crippen molar-refractivity contribution in [2.24, 2.45) is 0 Å². The second kappa shape index (κ2) is 4.55. The van der Waals surface area contributed by atoms with Crippen molar-refractivity contribution in [1.82, 2.24) is 4.72 Å². The number of rotatable bonds is 2. The molecule has 0 amide bonds. The summed E-state index contributed by atoms with van der Waals surface area (Å²) in [6.45, 7) is 5.96. The van der Waals surface area contributed by atoms with Crippen LogP contribution in [0, 0.1) is 0 Å². The molecule has 1 aromatic carbocycles. The van der Waals surface area contributed by atoms with Gasteiger partial charge in [0.05, 0.1) is 4.90 Å². The molecule has 0 spiro atoms. The first-order chi connectivity index (χ1) is 6.40. The Hall–Kier alpha value is -0.190. The molecule has 0 saturated heterocycles. The highest BCUT2D eigenvalue weighted by Crippen LogP contribution is 2.19. The van der Waals surface area contributed by atoms with E-state index in [0.717, 1.165) is 9.37 Å². The molecule has 4 heteroatoms. The Balaban J connectivity index is 2.86. The predicted molar refractivity (Wildman–Crippen MR) is 63.4 cm³/mol. The number of hydrogen-bond acceptors (Lipinski definition) is 1. The number of hydrogen-bond donors (Lipinski definition) is 1. The lowest BCUT2D eigenvalue weighted by Crippen LogP contribution is -2.37. The van der Waals surface area contributed by atoms with Crippen LogP contribution in [0.5, 0.6) is 0 Å². The van der Waals surface area contributed by atoms with Crippen LogP contribution in [0.4, 0.5) is 0 Å². The van der Waals surface area contributed by atoms with Gasteiger partial charge in [-0.2, -0.15) is 0 Å². The molecule has 1 atom stereocenters. The molecule has 0 aliphatic heterocycles. The highest BCUT2D eigenvalue weighted by molar-refractivity contribution is 9.10. The summed E-state index contributed by atoms with van der Waals surface area (Å²) in [4.78, 5) is 0.780. The molecular formula is C10H14BrNOS. The third kappa shape index (κ3) is 3.52. The molecule has 0 bridgehead atoms. The summed E-state index contributed by atoms with van der Waals surface area (Å²) in [6, 6.07) is 7.51. The van der Waals surface area contributed by atoms with E-state index in [2.05, 4.69) is 20.7 Å². The molecule has 0 aliphatic carbocycles. The van der Waals surface area contributed by atoms with E-state index in [-0.39, 0.29) is 5.54 Å². The standard InChI is InChI=1S/C10H14BrNOS/c1-10(2,3)12-14(13)9-7-5-4-6-8(9)11/h4-7,12H,1-3H3. The topological polar surface area (TPSA) is 29.1 Å². The van der Waals surface area contributed by atoms with Gasteiger partial charge < -0.3 is 0 Å². The summed E-state index contributed by atoms with van der Waals surface area (Å²) < 4.78 is 15.7. The first kappa shape index (κ1) is 11.9. The quantitative estimate of drug-likeness (QED) is 0.884. The van der Waals surface area contributed by atoms with Crippen LogP contribution in [-0.2, 0) is 11.0 Å². The van der Waals surface area contributed by atoms with E-state index in [4.69, 9.17) is 0 Å². The van der Waals surface area contributed by atoms with Crippen LogP contribution in [0.15, 0.2) is 33.6 Å². The third-order valence-corrected chi connectivity index (χ3v) is 3.94. The monoisotopic (exact) mass is 275 g/mol.